The third kappa shape index (κ3) is 3.90. The zero-order valence-electron chi connectivity index (χ0n) is 11.0. The molecule has 0 aromatic heterocycles. The van der Waals surface area contributed by atoms with Crippen molar-refractivity contribution in [3.8, 4) is 5.75 Å². The predicted octanol–water partition coefficient (Wildman–Crippen LogP) is 2.44. The summed E-state index contributed by atoms with van der Waals surface area (Å²) in [6, 6.07) is 12.0. The van der Waals surface area contributed by atoms with Crippen molar-refractivity contribution in [2.24, 2.45) is 5.84 Å². The standard InChI is InChI=1S/C15H13BrN2O3/c16-14-7-11(15(20)18-17)3-4-12(14)9-21-13-5-1-10(8-19)2-6-13/h1-8H,9,17H2,(H,18,20). The van der Waals surface area contributed by atoms with E-state index in [1.165, 1.54) is 0 Å². The Hall–Kier alpha value is -2.18. The van der Waals surface area contributed by atoms with Gasteiger partial charge in [-0.1, -0.05) is 22.0 Å². The number of carbonyl (C=O) groups excluding carboxylic acids is 2. The number of benzene rings is 2. The van der Waals surface area contributed by atoms with Crippen molar-refractivity contribution in [3.05, 3.63) is 63.6 Å². The molecule has 0 saturated heterocycles. The van der Waals surface area contributed by atoms with E-state index >= 15 is 0 Å². The van der Waals surface area contributed by atoms with Gasteiger partial charge in [0.05, 0.1) is 0 Å². The van der Waals surface area contributed by atoms with Gasteiger partial charge >= 0.3 is 0 Å². The molecule has 0 spiro atoms. The Bertz CT molecular complexity index is 656. The van der Waals surface area contributed by atoms with Crippen LogP contribution >= 0.6 is 15.9 Å². The zero-order valence-corrected chi connectivity index (χ0v) is 12.6. The maximum absolute atomic E-state index is 11.4. The van der Waals surface area contributed by atoms with Crippen LogP contribution in [0, 0.1) is 0 Å². The fourth-order valence-electron chi connectivity index (χ4n) is 1.69. The summed E-state index contributed by atoms with van der Waals surface area (Å²) >= 11 is 3.39. The van der Waals surface area contributed by atoms with Gasteiger partial charge in [-0.3, -0.25) is 15.0 Å². The normalized spacial score (nSPS) is 10.0. The highest BCUT2D eigenvalue weighted by atomic mass is 79.9. The van der Waals surface area contributed by atoms with Crippen molar-refractivity contribution in [1.29, 1.82) is 0 Å². The number of nitrogen functional groups attached to an aromatic ring is 1. The van der Waals surface area contributed by atoms with Crippen LogP contribution in [0.2, 0.25) is 0 Å². The third-order valence-electron chi connectivity index (χ3n) is 2.86. The molecular formula is C15H13BrN2O3. The molecule has 0 saturated carbocycles. The van der Waals surface area contributed by atoms with Gasteiger partial charge in [-0.25, -0.2) is 5.84 Å². The van der Waals surface area contributed by atoms with E-state index in [-0.39, 0.29) is 5.91 Å². The van der Waals surface area contributed by atoms with E-state index in [0.29, 0.717) is 23.5 Å². The van der Waals surface area contributed by atoms with Crippen LogP contribution in [-0.4, -0.2) is 12.2 Å². The summed E-state index contributed by atoms with van der Waals surface area (Å²) in [7, 11) is 0. The number of nitrogens with two attached hydrogens (primary N) is 1. The number of hydrazine groups is 1. The van der Waals surface area contributed by atoms with Gasteiger partial charge < -0.3 is 4.74 Å². The van der Waals surface area contributed by atoms with Gasteiger partial charge in [0.15, 0.2) is 0 Å². The largest absolute Gasteiger partial charge is 0.489 e. The number of amides is 1. The molecule has 5 nitrogen and oxygen atoms in total. The van der Waals surface area contributed by atoms with Crippen LogP contribution in [0.4, 0.5) is 0 Å². The second-order valence-corrected chi connectivity index (χ2v) is 5.11. The fourth-order valence-corrected chi connectivity index (χ4v) is 2.19. The number of rotatable bonds is 5. The lowest BCUT2D eigenvalue weighted by Crippen LogP contribution is -2.29. The molecule has 0 aliphatic carbocycles. The zero-order chi connectivity index (χ0) is 15.2. The van der Waals surface area contributed by atoms with E-state index in [1.54, 1.807) is 42.5 Å². The quantitative estimate of drug-likeness (QED) is 0.376. The number of nitrogens with one attached hydrogen (secondary N) is 1. The first-order valence-corrected chi connectivity index (χ1v) is 6.90. The topological polar surface area (TPSA) is 81.4 Å². The second kappa shape index (κ2) is 7.01. The van der Waals surface area contributed by atoms with E-state index in [2.05, 4.69) is 21.4 Å². The van der Waals surface area contributed by atoms with Crippen LogP contribution in [0.3, 0.4) is 0 Å². The van der Waals surface area contributed by atoms with Crippen LogP contribution < -0.4 is 16.0 Å². The number of halogens is 1. The smallest absolute Gasteiger partial charge is 0.265 e. The molecule has 0 bridgehead atoms. The van der Waals surface area contributed by atoms with Gasteiger partial charge in [-0.05, 0) is 36.4 Å². The van der Waals surface area contributed by atoms with Crippen molar-refractivity contribution in [1.82, 2.24) is 5.43 Å². The minimum Gasteiger partial charge on any atom is -0.489 e. The summed E-state index contributed by atoms with van der Waals surface area (Å²) in [6.07, 6.45) is 0.779. The van der Waals surface area contributed by atoms with Crippen LogP contribution in [0.25, 0.3) is 0 Å². The summed E-state index contributed by atoms with van der Waals surface area (Å²) in [5.74, 6) is 5.40. The summed E-state index contributed by atoms with van der Waals surface area (Å²) in [4.78, 5) is 22.0. The van der Waals surface area contributed by atoms with Gasteiger partial charge in [0.2, 0.25) is 0 Å². The fraction of sp³-hybridized carbons (Fsp3) is 0.0667. The Labute approximate surface area is 130 Å². The molecule has 0 unspecified atom stereocenters. The second-order valence-electron chi connectivity index (χ2n) is 4.26. The van der Waals surface area contributed by atoms with Gasteiger partial charge in [0, 0.05) is 21.2 Å². The lowest BCUT2D eigenvalue weighted by Gasteiger charge is -2.09. The van der Waals surface area contributed by atoms with Crippen LogP contribution in [-0.2, 0) is 6.61 Å². The van der Waals surface area contributed by atoms with Crippen molar-refractivity contribution >= 4 is 28.1 Å². The summed E-state index contributed by atoms with van der Waals surface area (Å²) in [5, 5.41) is 0. The number of aldehydes is 1. The Morgan fingerprint density at radius 2 is 1.95 bits per heavy atom. The highest BCUT2D eigenvalue weighted by molar-refractivity contribution is 9.10. The average molecular weight is 349 g/mol. The summed E-state index contributed by atoms with van der Waals surface area (Å²) in [5.41, 5.74) is 4.03. The van der Waals surface area contributed by atoms with Crippen LogP contribution in [0.15, 0.2) is 46.9 Å². The molecule has 0 aliphatic heterocycles. The Morgan fingerprint density at radius 3 is 2.52 bits per heavy atom. The first kappa shape index (κ1) is 15.2. The van der Waals surface area contributed by atoms with Crippen molar-refractivity contribution < 1.29 is 14.3 Å². The molecule has 0 heterocycles. The number of hydrogen-bond donors (Lipinski definition) is 2. The van der Waals surface area contributed by atoms with E-state index in [9.17, 15) is 9.59 Å². The molecule has 21 heavy (non-hydrogen) atoms. The maximum atomic E-state index is 11.4. The Kier molecular flexibility index (Phi) is 5.08. The first-order chi connectivity index (χ1) is 10.1. The molecular weight excluding hydrogens is 336 g/mol. The number of carbonyl (C=O) groups is 2. The van der Waals surface area contributed by atoms with Gasteiger partial charge in [0.1, 0.15) is 18.6 Å². The molecule has 0 fully saturated rings. The molecule has 0 aliphatic rings. The number of hydrogen-bond acceptors (Lipinski definition) is 4. The Balaban J connectivity index is 2.05. The van der Waals surface area contributed by atoms with Crippen molar-refractivity contribution in [3.63, 3.8) is 0 Å². The van der Waals surface area contributed by atoms with Gasteiger partial charge in [0.25, 0.3) is 5.91 Å². The molecule has 0 atom stereocenters. The molecule has 0 radical (unpaired) electrons. The molecule has 2 aromatic rings. The monoisotopic (exact) mass is 348 g/mol. The minimum atomic E-state index is -0.354. The number of ether oxygens (including phenoxy) is 1. The van der Waals surface area contributed by atoms with Crippen LogP contribution in [0.5, 0.6) is 5.75 Å². The SMILES string of the molecule is NNC(=O)c1ccc(COc2ccc(C=O)cc2)c(Br)c1. The molecule has 1 amide bonds. The van der Waals surface area contributed by atoms with Gasteiger partial charge in [-0.2, -0.15) is 0 Å². The summed E-state index contributed by atoms with van der Waals surface area (Å²) < 4.78 is 6.39. The van der Waals surface area contributed by atoms with E-state index in [4.69, 9.17) is 10.6 Å². The Morgan fingerprint density at radius 1 is 1.24 bits per heavy atom. The lowest BCUT2D eigenvalue weighted by atomic mass is 10.1. The minimum absolute atomic E-state index is 0.339. The average Bonchev–Trinajstić information content (AvgIpc) is 2.53. The predicted molar refractivity (Wildman–Crippen MR) is 82.0 cm³/mol. The first-order valence-electron chi connectivity index (χ1n) is 6.11. The maximum Gasteiger partial charge on any atom is 0.265 e. The molecule has 2 aromatic carbocycles. The molecule has 108 valence electrons. The van der Waals surface area contributed by atoms with Crippen LogP contribution in [0.1, 0.15) is 26.3 Å². The third-order valence-corrected chi connectivity index (χ3v) is 3.60. The molecule has 2 rings (SSSR count). The van der Waals surface area contributed by atoms with E-state index in [0.717, 1.165) is 16.3 Å². The van der Waals surface area contributed by atoms with E-state index in [1.807, 2.05) is 0 Å². The molecule has 3 N–H and O–H groups in total. The van der Waals surface area contributed by atoms with Crippen molar-refractivity contribution in [2.75, 3.05) is 0 Å². The highest BCUT2D eigenvalue weighted by Gasteiger charge is 2.07. The molecule has 6 heteroatoms. The summed E-state index contributed by atoms with van der Waals surface area (Å²) in [6.45, 7) is 0.339. The highest BCUT2D eigenvalue weighted by Crippen LogP contribution is 2.21. The lowest BCUT2D eigenvalue weighted by molar-refractivity contribution is 0.0953. The van der Waals surface area contributed by atoms with Crippen molar-refractivity contribution in [2.45, 2.75) is 6.61 Å². The van der Waals surface area contributed by atoms with E-state index < -0.39 is 0 Å². The van der Waals surface area contributed by atoms with Gasteiger partial charge in [-0.15, -0.1) is 0 Å².